The molecule has 0 aromatic heterocycles. The Kier molecular flexibility index (Phi) is 3.91. The monoisotopic (exact) mass is 252 g/mol. The second kappa shape index (κ2) is 5.42. The Balaban J connectivity index is 2.25. The van der Waals surface area contributed by atoms with Crippen molar-refractivity contribution in [2.75, 3.05) is 30.1 Å². The van der Waals surface area contributed by atoms with Gasteiger partial charge in [-0.2, -0.15) is 0 Å². The molecule has 1 atom stereocenters. The van der Waals surface area contributed by atoms with E-state index in [4.69, 9.17) is 10.5 Å². The number of carbonyl (C=O) groups is 1. The topological polar surface area (TPSA) is 55.6 Å². The largest absolute Gasteiger partial charge is 0.497 e. The molecule has 5 heteroatoms. The van der Waals surface area contributed by atoms with Gasteiger partial charge in [0.1, 0.15) is 5.75 Å². The smallest absolute Gasteiger partial charge is 0.237 e. The van der Waals surface area contributed by atoms with Crippen LogP contribution in [0.15, 0.2) is 24.3 Å². The molecule has 2 rings (SSSR count). The van der Waals surface area contributed by atoms with Gasteiger partial charge in [0.2, 0.25) is 5.91 Å². The molecule has 1 unspecified atom stereocenters. The summed E-state index contributed by atoms with van der Waals surface area (Å²) in [7, 11) is 1.63. The first-order valence-corrected chi connectivity index (χ1v) is 6.65. The van der Waals surface area contributed by atoms with Crippen LogP contribution in [0.4, 0.5) is 5.69 Å². The Morgan fingerprint density at radius 1 is 1.47 bits per heavy atom. The fraction of sp³-hybridized carbons (Fsp3) is 0.417. The molecule has 1 aliphatic rings. The van der Waals surface area contributed by atoms with Crippen LogP contribution in [0.5, 0.6) is 5.75 Å². The van der Waals surface area contributed by atoms with Gasteiger partial charge in [-0.25, -0.2) is 0 Å². The van der Waals surface area contributed by atoms with Gasteiger partial charge in [0, 0.05) is 18.0 Å². The van der Waals surface area contributed by atoms with Crippen LogP contribution in [0.2, 0.25) is 0 Å². The summed E-state index contributed by atoms with van der Waals surface area (Å²) in [5, 5.41) is 0. The lowest BCUT2D eigenvalue weighted by Crippen LogP contribution is -2.50. The molecule has 0 bridgehead atoms. The average molecular weight is 252 g/mol. The second-order valence-corrected chi connectivity index (χ2v) is 4.90. The van der Waals surface area contributed by atoms with Gasteiger partial charge in [-0.05, 0) is 24.3 Å². The lowest BCUT2D eigenvalue weighted by molar-refractivity contribution is -0.116. The molecule has 1 saturated heterocycles. The number of nitrogens with two attached hydrogens (primary N) is 1. The van der Waals surface area contributed by atoms with Crippen LogP contribution >= 0.6 is 11.8 Å². The van der Waals surface area contributed by atoms with Gasteiger partial charge in [0.15, 0.2) is 0 Å². The van der Waals surface area contributed by atoms with E-state index in [1.54, 1.807) is 23.8 Å². The number of rotatable bonds is 3. The zero-order valence-corrected chi connectivity index (χ0v) is 10.6. The van der Waals surface area contributed by atoms with Crippen molar-refractivity contribution in [3.8, 4) is 5.75 Å². The van der Waals surface area contributed by atoms with Gasteiger partial charge in [0.25, 0.3) is 0 Å². The van der Waals surface area contributed by atoms with Crippen molar-refractivity contribution in [2.24, 2.45) is 5.73 Å². The van der Waals surface area contributed by atoms with Crippen LogP contribution in [0.3, 0.4) is 0 Å². The van der Waals surface area contributed by atoms with Crippen molar-refractivity contribution >= 4 is 23.4 Å². The minimum atomic E-state index is 0.0923. The third-order valence-electron chi connectivity index (χ3n) is 2.79. The number of carbonyl (C=O) groups excluding carboxylic acids is 1. The lowest BCUT2D eigenvalue weighted by atomic mass is 10.2. The Bertz CT molecular complexity index is 394. The number of hydrogen-bond donors (Lipinski definition) is 1. The predicted molar refractivity (Wildman–Crippen MR) is 70.6 cm³/mol. The minimum Gasteiger partial charge on any atom is -0.497 e. The SMILES string of the molecule is COc1ccc(N2C(=O)CSCC2CN)cc1. The summed E-state index contributed by atoms with van der Waals surface area (Å²) < 4.78 is 5.10. The molecule has 17 heavy (non-hydrogen) atoms. The zero-order valence-electron chi connectivity index (χ0n) is 9.76. The molecular weight excluding hydrogens is 236 g/mol. The number of ether oxygens (including phenoxy) is 1. The molecule has 1 amide bonds. The third kappa shape index (κ3) is 2.56. The van der Waals surface area contributed by atoms with Crippen molar-refractivity contribution < 1.29 is 9.53 Å². The Morgan fingerprint density at radius 3 is 2.76 bits per heavy atom. The molecule has 1 aromatic carbocycles. The molecule has 0 saturated carbocycles. The molecule has 92 valence electrons. The maximum Gasteiger partial charge on any atom is 0.237 e. The first kappa shape index (κ1) is 12.3. The summed E-state index contributed by atoms with van der Waals surface area (Å²) in [5.74, 6) is 2.34. The number of thioether (sulfide) groups is 1. The number of methoxy groups -OCH3 is 1. The molecule has 4 nitrogen and oxygen atoms in total. The van der Waals surface area contributed by atoms with E-state index in [-0.39, 0.29) is 11.9 Å². The fourth-order valence-corrected chi connectivity index (χ4v) is 2.89. The predicted octanol–water partition coefficient (Wildman–Crippen LogP) is 1.10. The van der Waals surface area contributed by atoms with Crippen molar-refractivity contribution in [3.05, 3.63) is 24.3 Å². The molecule has 1 aliphatic heterocycles. The molecule has 1 fully saturated rings. The average Bonchev–Trinajstić information content (AvgIpc) is 2.38. The summed E-state index contributed by atoms with van der Waals surface area (Å²) in [6.07, 6.45) is 0. The quantitative estimate of drug-likeness (QED) is 0.875. The van der Waals surface area contributed by atoms with Gasteiger partial charge < -0.3 is 15.4 Å². The van der Waals surface area contributed by atoms with Crippen LogP contribution in [0.25, 0.3) is 0 Å². The maximum absolute atomic E-state index is 11.9. The number of amides is 1. The van der Waals surface area contributed by atoms with E-state index < -0.39 is 0 Å². The van der Waals surface area contributed by atoms with Crippen LogP contribution in [0, 0.1) is 0 Å². The van der Waals surface area contributed by atoms with E-state index >= 15 is 0 Å². The van der Waals surface area contributed by atoms with Crippen LogP contribution in [-0.2, 0) is 4.79 Å². The standard InChI is InChI=1S/C12H16N2O2S/c1-16-11-4-2-9(3-5-11)14-10(6-13)7-17-8-12(14)15/h2-5,10H,6-8,13H2,1H3. The van der Waals surface area contributed by atoms with Gasteiger partial charge in [-0.1, -0.05) is 0 Å². The first-order valence-electron chi connectivity index (χ1n) is 5.50. The fourth-order valence-electron chi connectivity index (χ4n) is 1.90. The highest BCUT2D eigenvalue weighted by atomic mass is 32.2. The molecule has 0 radical (unpaired) electrons. The molecule has 0 aliphatic carbocycles. The second-order valence-electron chi connectivity index (χ2n) is 3.87. The van der Waals surface area contributed by atoms with E-state index in [0.29, 0.717) is 12.3 Å². The van der Waals surface area contributed by atoms with E-state index in [2.05, 4.69) is 0 Å². The highest BCUT2D eigenvalue weighted by Gasteiger charge is 2.28. The van der Waals surface area contributed by atoms with E-state index in [1.165, 1.54) is 0 Å². The summed E-state index contributed by atoms with van der Waals surface area (Å²) in [6, 6.07) is 7.61. The first-order chi connectivity index (χ1) is 8.26. The van der Waals surface area contributed by atoms with Gasteiger partial charge in [0.05, 0.1) is 18.9 Å². The van der Waals surface area contributed by atoms with Crippen molar-refractivity contribution in [1.29, 1.82) is 0 Å². The van der Waals surface area contributed by atoms with Crippen molar-refractivity contribution in [1.82, 2.24) is 0 Å². The number of nitrogens with zero attached hydrogens (tertiary/aromatic N) is 1. The van der Waals surface area contributed by atoms with Crippen LogP contribution in [-0.4, -0.2) is 37.1 Å². The highest BCUT2D eigenvalue weighted by Crippen LogP contribution is 2.26. The van der Waals surface area contributed by atoms with Gasteiger partial charge >= 0.3 is 0 Å². The normalized spacial score (nSPS) is 20.5. The highest BCUT2D eigenvalue weighted by molar-refractivity contribution is 8.00. The summed E-state index contributed by atoms with van der Waals surface area (Å²) in [4.78, 5) is 13.7. The van der Waals surface area contributed by atoms with Crippen molar-refractivity contribution in [2.45, 2.75) is 6.04 Å². The van der Waals surface area contributed by atoms with Crippen molar-refractivity contribution in [3.63, 3.8) is 0 Å². The number of anilines is 1. The Labute approximate surface area is 105 Å². The molecule has 1 heterocycles. The molecule has 0 spiro atoms. The Morgan fingerprint density at radius 2 is 2.18 bits per heavy atom. The minimum absolute atomic E-state index is 0.0923. The zero-order chi connectivity index (χ0) is 12.3. The van der Waals surface area contributed by atoms with Crippen LogP contribution in [0.1, 0.15) is 0 Å². The maximum atomic E-state index is 11.9. The van der Waals surface area contributed by atoms with Gasteiger partial charge in [-0.3, -0.25) is 4.79 Å². The lowest BCUT2D eigenvalue weighted by Gasteiger charge is -2.34. The van der Waals surface area contributed by atoms with E-state index in [1.807, 2.05) is 24.3 Å². The molecular formula is C12H16N2O2S. The van der Waals surface area contributed by atoms with E-state index in [0.717, 1.165) is 17.2 Å². The number of hydrogen-bond acceptors (Lipinski definition) is 4. The Hall–Kier alpha value is -1.20. The third-order valence-corrected chi connectivity index (χ3v) is 3.86. The summed E-state index contributed by atoms with van der Waals surface area (Å²) in [6.45, 7) is 0.491. The van der Waals surface area contributed by atoms with Gasteiger partial charge in [-0.15, -0.1) is 11.8 Å². The summed E-state index contributed by atoms with van der Waals surface area (Å²) in [5.41, 5.74) is 6.61. The number of benzene rings is 1. The molecule has 2 N–H and O–H groups in total. The van der Waals surface area contributed by atoms with Crippen LogP contribution < -0.4 is 15.4 Å². The molecule has 1 aromatic rings. The summed E-state index contributed by atoms with van der Waals surface area (Å²) >= 11 is 1.65. The van der Waals surface area contributed by atoms with E-state index in [9.17, 15) is 4.79 Å².